The average Bonchev–Trinajstić information content (AvgIpc) is 2.21. The molecule has 15 heavy (non-hydrogen) atoms. The minimum absolute atomic E-state index is 0.141. The van der Waals surface area contributed by atoms with E-state index in [1.807, 2.05) is 38.1 Å². The predicted molar refractivity (Wildman–Crippen MR) is 62.3 cm³/mol. The molecule has 0 aliphatic rings. The van der Waals surface area contributed by atoms with Crippen molar-refractivity contribution in [1.29, 1.82) is 0 Å². The summed E-state index contributed by atoms with van der Waals surface area (Å²) in [6, 6.07) is 8.17. The number of hydrogen-bond donors (Lipinski definition) is 3. The summed E-state index contributed by atoms with van der Waals surface area (Å²) in [6.45, 7) is 4.03. The van der Waals surface area contributed by atoms with Crippen molar-refractivity contribution in [2.75, 3.05) is 5.32 Å². The number of oxime groups is 1. The Bertz CT molecular complexity index is 349. The van der Waals surface area contributed by atoms with Crippen LogP contribution in [0.2, 0.25) is 0 Å². The van der Waals surface area contributed by atoms with Gasteiger partial charge in [-0.3, -0.25) is 0 Å². The smallest absolute Gasteiger partial charge is 0.141 e. The van der Waals surface area contributed by atoms with Gasteiger partial charge in [-0.15, -0.1) is 0 Å². The molecule has 1 atom stereocenters. The molecule has 1 aromatic rings. The molecular formula is C11H17N3O. The zero-order valence-electron chi connectivity index (χ0n) is 9.07. The van der Waals surface area contributed by atoms with E-state index in [-0.39, 0.29) is 11.9 Å². The van der Waals surface area contributed by atoms with Crippen LogP contribution in [0.15, 0.2) is 29.4 Å². The zero-order chi connectivity index (χ0) is 11.3. The third-order valence-electron chi connectivity index (χ3n) is 2.19. The highest BCUT2D eigenvalue weighted by Crippen LogP contribution is 2.14. The fourth-order valence-electron chi connectivity index (χ4n) is 1.41. The van der Waals surface area contributed by atoms with Gasteiger partial charge in [0.2, 0.25) is 0 Å². The first-order valence-electron chi connectivity index (χ1n) is 4.92. The second-order valence-corrected chi connectivity index (χ2v) is 3.66. The molecule has 0 bridgehead atoms. The van der Waals surface area contributed by atoms with E-state index < -0.39 is 0 Å². The zero-order valence-corrected chi connectivity index (χ0v) is 9.07. The maximum Gasteiger partial charge on any atom is 0.141 e. The Morgan fingerprint density at radius 2 is 2.20 bits per heavy atom. The van der Waals surface area contributed by atoms with Crippen LogP contribution in [0.3, 0.4) is 0 Å². The number of para-hydroxylation sites is 1. The summed E-state index contributed by atoms with van der Waals surface area (Å²) in [5, 5.41) is 14.7. The first kappa shape index (κ1) is 11.4. The van der Waals surface area contributed by atoms with Crippen LogP contribution in [0.1, 0.15) is 18.9 Å². The second-order valence-electron chi connectivity index (χ2n) is 3.66. The molecule has 0 fully saturated rings. The van der Waals surface area contributed by atoms with Crippen LogP contribution >= 0.6 is 0 Å². The summed E-state index contributed by atoms with van der Waals surface area (Å²) in [7, 11) is 0. The molecule has 0 saturated carbocycles. The summed E-state index contributed by atoms with van der Waals surface area (Å²) in [5.74, 6) is 0.239. The third-order valence-corrected chi connectivity index (χ3v) is 2.19. The van der Waals surface area contributed by atoms with Crippen molar-refractivity contribution in [3.8, 4) is 0 Å². The Morgan fingerprint density at radius 1 is 1.53 bits per heavy atom. The van der Waals surface area contributed by atoms with Crippen LogP contribution in [0.4, 0.5) is 5.69 Å². The maximum absolute atomic E-state index is 8.44. The van der Waals surface area contributed by atoms with Crippen molar-refractivity contribution in [1.82, 2.24) is 0 Å². The van der Waals surface area contributed by atoms with Gasteiger partial charge in [-0.2, -0.15) is 0 Å². The van der Waals surface area contributed by atoms with Gasteiger partial charge in [0.05, 0.1) is 0 Å². The summed E-state index contributed by atoms with van der Waals surface area (Å²) in [4.78, 5) is 0. The van der Waals surface area contributed by atoms with Crippen LogP contribution < -0.4 is 11.1 Å². The minimum Gasteiger partial charge on any atom is -0.409 e. The predicted octanol–water partition coefficient (Wildman–Crippen LogP) is 1.93. The Morgan fingerprint density at radius 3 is 2.80 bits per heavy atom. The third kappa shape index (κ3) is 3.50. The van der Waals surface area contributed by atoms with Crippen LogP contribution in [-0.4, -0.2) is 17.1 Å². The molecule has 4 N–H and O–H groups in total. The van der Waals surface area contributed by atoms with Crippen LogP contribution in [0.25, 0.3) is 0 Å². The molecule has 0 spiro atoms. The molecule has 4 nitrogen and oxygen atoms in total. The fraction of sp³-hybridized carbons (Fsp3) is 0.364. The quantitative estimate of drug-likeness (QED) is 0.306. The lowest BCUT2D eigenvalue weighted by atomic mass is 10.1. The summed E-state index contributed by atoms with van der Waals surface area (Å²) < 4.78 is 0. The molecule has 1 unspecified atom stereocenters. The molecule has 0 aromatic heterocycles. The van der Waals surface area contributed by atoms with E-state index in [9.17, 15) is 0 Å². The Balaban J connectivity index is 2.59. The van der Waals surface area contributed by atoms with E-state index in [1.165, 1.54) is 5.56 Å². The normalized spacial score (nSPS) is 13.6. The van der Waals surface area contributed by atoms with Crippen molar-refractivity contribution >= 4 is 11.5 Å². The lowest BCUT2D eigenvalue weighted by Gasteiger charge is -2.16. The second kappa shape index (κ2) is 5.24. The van der Waals surface area contributed by atoms with Gasteiger partial charge < -0.3 is 16.3 Å². The van der Waals surface area contributed by atoms with Crippen molar-refractivity contribution in [2.24, 2.45) is 10.9 Å². The Hall–Kier alpha value is -1.71. The fourth-order valence-corrected chi connectivity index (χ4v) is 1.41. The average molecular weight is 207 g/mol. The summed E-state index contributed by atoms with van der Waals surface area (Å²) in [6.07, 6.45) is 0.519. The molecule has 0 aliphatic heterocycles. The standard InChI is InChI=1S/C11H17N3O/c1-8-5-3-4-6-10(8)13-9(2)7-11(12)14-15/h3-6,9,13,15H,7H2,1-2H3,(H2,12,14). The number of benzene rings is 1. The van der Waals surface area contributed by atoms with Crippen molar-refractivity contribution in [3.05, 3.63) is 29.8 Å². The Labute approximate surface area is 89.8 Å². The highest BCUT2D eigenvalue weighted by molar-refractivity contribution is 5.80. The Kier molecular flexibility index (Phi) is 3.97. The van der Waals surface area contributed by atoms with Gasteiger partial charge in [0, 0.05) is 18.2 Å². The topological polar surface area (TPSA) is 70.6 Å². The van der Waals surface area contributed by atoms with Gasteiger partial charge in [-0.1, -0.05) is 23.4 Å². The largest absolute Gasteiger partial charge is 0.409 e. The van der Waals surface area contributed by atoms with Gasteiger partial charge >= 0.3 is 0 Å². The molecule has 82 valence electrons. The molecular weight excluding hydrogens is 190 g/mol. The van der Waals surface area contributed by atoms with Gasteiger partial charge in [0.25, 0.3) is 0 Å². The lowest BCUT2D eigenvalue weighted by Crippen LogP contribution is -2.24. The van der Waals surface area contributed by atoms with E-state index in [2.05, 4.69) is 10.5 Å². The van der Waals surface area contributed by atoms with E-state index in [4.69, 9.17) is 10.9 Å². The highest BCUT2D eigenvalue weighted by atomic mass is 16.4. The molecule has 0 aliphatic carbocycles. The minimum atomic E-state index is 0.141. The number of aryl methyl sites for hydroxylation is 1. The molecule has 0 amide bonds. The van der Waals surface area contributed by atoms with Crippen molar-refractivity contribution < 1.29 is 5.21 Å². The van der Waals surface area contributed by atoms with Crippen LogP contribution in [-0.2, 0) is 0 Å². The molecule has 0 heterocycles. The number of hydrogen-bond acceptors (Lipinski definition) is 3. The van der Waals surface area contributed by atoms with Crippen molar-refractivity contribution in [2.45, 2.75) is 26.3 Å². The van der Waals surface area contributed by atoms with Gasteiger partial charge in [0.1, 0.15) is 5.84 Å². The number of nitrogens with one attached hydrogen (secondary N) is 1. The van der Waals surface area contributed by atoms with E-state index in [0.717, 1.165) is 5.69 Å². The number of nitrogens with two attached hydrogens (primary N) is 1. The molecule has 0 radical (unpaired) electrons. The van der Waals surface area contributed by atoms with E-state index >= 15 is 0 Å². The van der Waals surface area contributed by atoms with Gasteiger partial charge in [0.15, 0.2) is 0 Å². The number of anilines is 1. The molecule has 0 saturated heterocycles. The summed E-state index contributed by atoms with van der Waals surface area (Å²) >= 11 is 0. The van der Waals surface area contributed by atoms with Crippen LogP contribution in [0, 0.1) is 6.92 Å². The maximum atomic E-state index is 8.44. The highest BCUT2D eigenvalue weighted by Gasteiger charge is 2.05. The van der Waals surface area contributed by atoms with Crippen molar-refractivity contribution in [3.63, 3.8) is 0 Å². The number of amidine groups is 1. The number of rotatable bonds is 4. The van der Waals surface area contributed by atoms with E-state index in [1.54, 1.807) is 0 Å². The molecule has 4 heteroatoms. The molecule has 1 rings (SSSR count). The molecule has 1 aromatic carbocycles. The van der Waals surface area contributed by atoms with E-state index in [0.29, 0.717) is 6.42 Å². The van der Waals surface area contributed by atoms with Gasteiger partial charge in [-0.05, 0) is 25.5 Å². The lowest BCUT2D eigenvalue weighted by molar-refractivity contribution is 0.316. The number of nitrogens with zero attached hydrogens (tertiary/aromatic N) is 1. The summed E-state index contributed by atoms with van der Waals surface area (Å²) in [5.41, 5.74) is 7.69. The first-order valence-corrected chi connectivity index (χ1v) is 4.92. The monoisotopic (exact) mass is 207 g/mol. The SMILES string of the molecule is Cc1ccccc1NC(C)CC(N)=NO. The van der Waals surface area contributed by atoms with Crippen LogP contribution in [0.5, 0.6) is 0 Å². The first-order chi connectivity index (χ1) is 7.13. The van der Waals surface area contributed by atoms with Gasteiger partial charge in [-0.25, -0.2) is 0 Å².